The first kappa shape index (κ1) is 8.54. The quantitative estimate of drug-likeness (QED) is 0.737. The van der Waals surface area contributed by atoms with Crippen molar-refractivity contribution in [3.8, 4) is 0 Å². The van der Waals surface area contributed by atoms with Crippen molar-refractivity contribution < 1.29 is 0 Å². The molecule has 2 aliphatic rings. The summed E-state index contributed by atoms with van der Waals surface area (Å²) in [6.07, 6.45) is 10.2. The van der Waals surface area contributed by atoms with Crippen molar-refractivity contribution in [3.63, 3.8) is 0 Å². The molecule has 2 heteroatoms. The van der Waals surface area contributed by atoms with Gasteiger partial charge in [0.2, 0.25) is 0 Å². The van der Waals surface area contributed by atoms with Crippen molar-refractivity contribution in [2.24, 2.45) is 0 Å². The molecule has 1 heterocycles. The van der Waals surface area contributed by atoms with E-state index in [-0.39, 0.29) is 0 Å². The third-order valence-corrected chi connectivity index (χ3v) is 3.71. The average Bonchev–Trinajstić information content (AvgIpc) is 2.59. The molecule has 1 unspecified atom stereocenters. The Labute approximate surface area is 85.1 Å². The summed E-state index contributed by atoms with van der Waals surface area (Å²) in [6, 6.07) is 3.70. The van der Waals surface area contributed by atoms with E-state index in [0.717, 1.165) is 6.04 Å². The van der Waals surface area contributed by atoms with Gasteiger partial charge in [-0.25, -0.2) is 0 Å². The van der Waals surface area contributed by atoms with Gasteiger partial charge in [0.15, 0.2) is 0 Å². The Morgan fingerprint density at radius 3 is 2.93 bits per heavy atom. The fourth-order valence-electron chi connectivity index (χ4n) is 2.63. The van der Waals surface area contributed by atoms with Crippen LogP contribution in [-0.2, 0) is 6.42 Å². The fourth-order valence-corrected chi connectivity index (χ4v) is 2.63. The second-order valence-electron chi connectivity index (χ2n) is 4.65. The van der Waals surface area contributed by atoms with E-state index in [4.69, 9.17) is 0 Å². The van der Waals surface area contributed by atoms with Crippen molar-refractivity contribution in [1.29, 1.82) is 0 Å². The lowest BCUT2D eigenvalue weighted by molar-refractivity contribution is 0.290. The second-order valence-corrected chi connectivity index (χ2v) is 4.65. The molecule has 1 aromatic rings. The van der Waals surface area contributed by atoms with E-state index in [1.165, 1.54) is 49.8 Å². The van der Waals surface area contributed by atoms with Crippen LogP contribution in [0.25, 0.3) is 0 Å². The molecule has 2 nitrogen and oxygen atoms in total. The smallest absolute Gasteiger partial charge is 0.0340 e. The van der Waals surface area contributed by atoms with Crippen LogP contribution in [0.15, 0.2) is 12.3 Å². The molecule has 1 atom stereocenters. The van der Waals surface area contributed by atoms with Crippen LogP contribution in [0, 0.1) is 0 Å². The van der Waals surface area contributed by atoms with Gasteiger partial charge in [-0.1, -0.05) is 6.42 Å². The summed E-state index contributed by atoms with van der Waals surface area (Å²) in [5, 5.41) is 3.78. The molecular formula is C12H18N2. The molecule has 1 aromatic heterocycles. The van der Waals surface area contributed by atoms with Crippen molar-refractivity contribution >= 4 is 0 Å². The molecule has 76 valence electrons. The Balaban J connectivity index is 1.74. The van der Waals surface area contributed by atoms with Gasteiger partial charge >= 0.3 is 0 Å². The highest BCUT2D eigenvalue weighted by molar-refractivity contribution is 5.27. The highest BCUT2D eigenvalue weighted by Gasteiger charge is 2.25. The summed E-state index contributed by atoms with van der Waals surface area (Å²) in [4.78, 5) is 3.36. The minimum atomic E-state index is 0.635. The number of aromatic nitrogens is 1. The first-order valence-corrected chi connectivity index (χ1v) is 5.86. The van der Waals surface area contributed by atoms with Crippen LogP contribution < -0.4 is 5.32 Å². The van der Waals surface area contributed by atoms with Gasteiger partial charge < -0.3 is 10.3 Å². The summed E-state index contributed by atoms with van der Waals surface area (Å²) in [5.41, 5.74) is 3.00. The molecule has 0 spiro atoms. The number of nitrogens with one attached hydrogen (secondary N) is 2. The van der Waals surface area contributed by atoms with Gasteiger partial charge in [0.1, 0.15) is 0 Å². The predicted molar refractivity (Wildman–Crippen MR) is 57.2 cm³/mol. The average molecular weight is 190 g/mol. The molecule has 1 fully saturated rings. The molecule has 0 radical (unpaired) electrons. The standard InChI is InChI=1S/C12H18N2/c1-3-9(4-1)14-12-6-2-5-11-10(12)7-8-13-11/h7-9,12-14H,1-6H2. The van der Waals surface area contributed by atoms with E-state index in [2.05, 4.69) is 22.6 Å². The predicted octanol–water partition coefficient (Wildman–Crippen LogP) is 2.53. The van der Waals surface area contributed by atoms with Crippen molar-refractivity contribution in [2.75, 3.05) is 0 Å². The van der Waals surface area contributed by atoms with E-state index in [1.807, 2.05) is 0 Å². The van der Waals surface area contributed by atoms with E-state index in [9.17, 15) is 0 Å². The van der Waals surface area contributed by atoms with Crippen LogP contribution in [-0.4, -0.2) is 11.0 Å². The number of H-pyrrole nitrogens is 1. The zero-order chi connectivity index (χ0) is 9.38. The topological polar surface area (TPSA) is 27.8 Å². The largest absolute Gasteiger partial charge is 0.365 e. The van der Waals surface area contributed by atoms with E-state index >= 15 is 0 Å². The highest BCUT2D eigenvalue weighted by atomic mass is 15.0. The number of hydrogen-bond donors (Lipinski definition) is 2. The SMILES string of the molecule is c1cc2c([nH]1)CCCC2NC1CCC1. The monoisotopic (exact) mass is 190 g/mol. The van der Waals surface area contributed by atoms with Crippen LogP contribution in [0.5, 0.6) is 0 Å². The maximum atomic E-state index is 3.78. The minimum Gasteiger partial charge on any atom is -0.365 e. The molecule has 0 aliphatic heterocycles. The molecular weight excluding hydrogens is 172 g/mol. The number of hydrogen-bond acceptors (Lipinski definition) is 1. The van der Waals surface area contributed by atoms with Crippen LogP contribution in [0.3, 0.4) is 0 Å². The van der Waals surface area contributed by atoms with Gasteiger partial charge in [-0.3, -0.25) is 0 Å². The summed E-state index contributed by atoms with van der Waals surface area (Å²) in [7, 11) is 0. The van der Waals surface area contributed by atoms with Gasteiger partial charge in [-0.15, -0.1) is 0 Å². The Bertz CT molecular complexity index is 312. The van der Waals surface area contributed by atoms with Gasteiger partial charge in [0, 0.05) is 24.0 Å². The third-order valence-electron chi connectivity index (χ3n) is 3.71. The first-order chi connectivity index (χ1) is 6.93. The maximum absolute atomic E-state index is 3.78. The summed E-state index contributed by atoms with van der Waals surface area (Å²) < 4.78 is 0. The molecule has 3 rings (SSSR count). The first-order valence-electron chi connectivity index (χ1n) is 5.86. The van der Waals surface area contributed by atoms with Crippen LogP contribution in [0.4, 0.5) is 0 Å². The van der Waals surface area contributed by atoms with Crippen molar-refractivity contribution in [3.05, 3.63) is 23.5 Å². The van der Waals surface area contributed by atoms with Crippen molar-refractivity contribution in [1.82, 2.24) is 10.3 Å². The van der Waals surface area contributed by atoms with Crippen molar-refractivity contribution in [2.45, 2.75) is 50.6 Å². The number of rotatable bonds is 2. The van der Waals surface area contributed by atoms with Gasteiger partial charge in [0.25, 0.3) is 0 Å². The van der Waals surface area contributed by atoms with E-state index in [1.54, 1.807) is 0 Å². The minimum absolute atomic E-state index is 0.635. The Morgan fingerprint density at radius 1 is 1.21 bits per heavy atom. The van der Waals surface area contributed by atoms with Crippen LogP contribution >= 0.6 is 0 Å². The highest BCUT2D eigenvalue weighted by Crippen LogP contribution is 2.31. The Kier molecular flexibility index (Phi) is 2.09. The fraction of sp³-hybridized carbons (Fsp3) is 0.667. The third kappa shape index (κ3) is 1.38. The Morgan fingerprint density at radius 2 is 2.14 bits per heavy atom. The zero-order valence-corrected chi connectivity index (χ0v) is 8.55. The van der Waals surface area contributed by atoms with Crippen LogP contribution in [0.2, 0.25) is 0 Å². The van der Waals surface area contributed by atoms with E-state index in [0.29, 0.717) is 6.04 Å². The molecule has 0 bridgehead atoms. The Hall–Kier alpha value is -0.760. The second kappa shape index (κ2) is 3.43. The molecule has 1 saturated carbocycles. The molecule has 2 aliphatic carbocycles. The zero-order valence-electron chi connectivity index (χ0n) is 8.55. The summed E-state index contributed by atoms with van der Waals surface area (Å²) >= 11 is 0. The molecule has 14 heavy (non-hydrogen) atoms. The number of aromatic amines is 1. The molecule has 0 aromatic carbocycles. The lowest BCUT2D eigenvalue weighted by Gasteiger charge is -2.33. The lowest BCUT2D eigenvalue weighted by atomic mass is 9.88. The molecule has 0 saturated heterocycles. The summed E-state index contributed by atoms with van der Waals surface area (Å²) in [5.74, 6) is 0. The summed E-state index contributed by atoms with van der Waals surface area (Å²) in [6.45, 7) is 0. The number of aryl methyl sites for hydroxylation is 1. The molecule has 0 amide bonds. The maximum Gasteiger partial charge on any atom is 0.0340 e. The molecule has 2 N–H and O–H groups in total. The normalized spacial score (nSPS) is 27.0. The van der Waals surface area contributed by atoms with E-state index < -0.39 is 0 Å². The number of fused-ring (bicyclic) bond motifs is 1. The van der Waals surface area contributed by atoms with Gasteiger partial charge in [-0.05, 0) is 43.7 Å². The van der Waals surface area contributed by atoms with Gasteiger partial charge in [0.05, 0.1) is 0 Å². The lowest BCUT2D eigenvalue weighted by Crippen LogP contribution is -2.38. The van der Waals surface area contributed by atoms with Gasteiger partial charge in [-0.2, -0.15) is 0 Å². The van der Waals surface area contributed by atoms with Crippen LogP contribution in [0.1, 0.15) is 49.4 Å².